The number of nitrogens with zero attached hydrogens (tertiary/aromatic N) is 2. The van der Waals surface area contributed by atoms with Crippen LogP contribution in [0.2, 0.25) is 0 Å². The highest BCUT2D eigenvalue weighted by molar-refractivity contribution is 5.72. The molecular weight excluding hydrogens is 254 g/mol. The van der Waals surface area contributed by atoms with Crippen LogP contribution < -0.4 is 5.32 Å². The number of carboxylic acid groups (broad SMARTS) is 1. The van der Waals surface area contributed by atoms with Crippen LogP contribution >= 0.6 is 0 Å². The Morgan fingerprint density at radius 2 is 2.25 bits per heavy atom. The van der Waals surface area contributed by atoms with Crippen LogP contribution in [-0.4, -0.2) is 26.7 Å². The zero-order valence-corrected chi connectivity index (χ0v) is 12.1. The maximum Gasteiger partial charge on any atom is 0.308 e. The van der Waals surface area contributed by atoms with Gasteiger partial charge in [-0.25, -0.2) is 4.98 Å². The second kappa shape index (κ2) is 5.20. The van der Waals surface area contributed by atoms with Crippen molar-refractivity contribution in [2.24, 2.45) is 17.8 Å². The normalized spacial score (nSPS) is 32.1. The van der Waals surface area contributed by atoms with Crippen LogP contribution in [0, 0.1) is 17.8 Å². The predicted octanol–water partition coefficient (Wildman–Crippen LogP) is 2.05. The van der Waals surface area contributed by atoms with Crippen molar-refractivity contribution in [2.45, 2.75) is 51.7 Å². The number of hydrogen-bond acceptors (Lipinski definition) is 3. The average molecular weight is 277 g/mol. The lowest BCUT2D eigenvalue weighted by Gasteiger charge is -2.29. The van der Waals surface area contributed by atoms with Gasteiger partial charge in [0, 0.05) is 24.8 Å². The average Bonchev–Trinajstić information content (AvgIpc) is 3.10. The van der Waals surface area contributed by atoms with Gasteiger partial charge in [-0.2, -0.15) is 0 Å². The Morgan fingerprint density at radius 1 is 1.50 bits per heavy atom. The number of carboxylic acids is 1. The molecule has 0 saturated heterocycles. The van der Waals surface area contributed by atoms with Crippen LogP contribution in [-0.2, 0) is 11.3 Å². The highest BCUT2D eigenvalue weighted by Crippen LogP contribution is 2.48. The first-order valence-corrected chi connectivity index (χ1v) is 7.54. The molecule has 110 valence electrons. The molecule has 3 rings (SSSR count). The summed E-state index contributed by atoms with van der Waals surface area (Å²) in [6.45, 7) is 4.96. The second-order valence-corrected chi connectivity index (χ2v) is 6.49. The fraction of sp³-hybridized carbons (Fsp3) is 0.733. The van der Waals surface area contributed by atoms with Gasteiger partial charge in [-0.1, -0.05) is 0 Å². The molecule has 4 unspecified atom stereocenters. The molecule has 1 aromatic heterocycles. The number of aromatic nitrogens is 2. The summed E-state index contributed by atoms with van der Waals surface area (Å²) in [5.74, 6) is 0.0813. The minimum absolute atomic E-state index is 0.127. The molecule has 2 aliphatic carbocycles. The SMILES string of the molecule is CC(C)n1cncc1CNC1C2CCC(C2)C1C(=O)O. The summed E-state index contributed by atoms with van der Waals surface area (Å²) in [4.78, 5) is 15.7. The van der Waals surface area contributed by atoms with Gasteiger partial charge in [-0.05, 0) is 44.9 Å². The van der Waals surface area contributed by atoms with Crippen molar-refractivity contribution in [3.05, 3.63) is 18.2 Å². The van der Waals surface area contributed by atoms with Gasteiger partial charge in [0.2, 0.25) is 0 Å². The van der Waals surface area contributed by atoms with Crippen LogP contribution in [0.5, 0.6) is 0 Å². The molecule has 2 fully saturated rings. The van der Waals surface area contributed by atoms with Crippen LogP contribution in [0.3, 0.4) is 0 Å². The van der Waals surface area contributed by atoms with Crippen molar-refractivity contribution in [3.8, 4) is 0 Å². The fourth-order valence-corrected chi connectivity index (χ4v) is 4.10. The van der Waals surface area contributed by atoms with E-state index < -0.39 is 5.97 Å². The van der Waals surface area contributed by atoms with Gasteiger partial charge in [-0.15, -0.1) is 0 Å². The lowest BCUT2D eigenvalue weighted by atomic mass is 9.84. The number of nitrogens with one attached hydrogen (secondary N) is 1. The summed E-state index contributed by atoms with van der Waals surface area (Å²) >= 11 is 0. The predicted molar refractivity (Wildman–Crippen MR) is 75.2 cm³/mol. The number of aliphatic carboxylic acids is 1. The van der Waals surface area contributed by atoms with Gasteiger partial charge >= 0.3 is 5.97 Å². The molecule has 0 radical (unpaired) electrons. The van der Waals surface area contributed by atoms with Crippen molar-refractivity contribution in [2.75, 3.05) is 0 Å². The Labute approximate surface area is 119 Å². The van der Waals surface area contributed by atoms with Crippen molar-refractivity contribution >= 4 is 5.97 Å². The van der Waals surface area contributed by atoms with Gasteiger partial charge < -0.3 is 15.0 Å². The number of imidazole rings is 1. The minimum atomic E-state index is -0.632. The van der Waals surface area contributed by atoms with Gasteiger partial charge in [0.05, 0.1) is 17.9 Å². The Balaban J connectivity index is 1.68. The molecule has 0 amide bonds. The third kappa shape index (κ3) is 2.24. The van der Waals surface area contributed by atoms with Gasteiger partial charge in [-0.3, -0.25) is 4.79 Å². The minimum Gasteiger partial charge on any atom is -0.481 e. The highest BCUT2D eigenvalue weighted by Gasteiger charge is 2.50. The van der Waals surface area contributed by atoms with Crippen LogP contribution in [0.1, 0.15) is 44.8 Å². The van der Waals surface area contributed by atoms with Gasteiger partial charge in [0.25, 0.3) is 0 Å². The number of fused-ring (bicyclic) bond motifs is 2. The van der Waals surface area contributed by atoms with Crippen molar-refractivity contribution < 1.29 is 9.90 Å². The van der Waals surface area contributed by atoms with E-state index in [0.717, 1.165) is 18.5 Å². The van der Waals surface area contributed by atoms with E-state index in [1.165, 1.54) is 6.42 Å². The summed E-state index contributed by atoms with van der Waals surface area (Å²) in [6.07, 6.45) is 7.06. The van der Waals surface area contributed by atoms with Crippen LogP contribution in [0.25, 0.3) is 0 Å². The quantitative estimate of drug-likeness (QED) is 0.864. The van der Waals surface area contributed by atoms with E-state index in [-0.39, 0.29) is 12.0 Å². The molecule has 0 spiro atoms. The molecule has 4 atom stereocenters. The van der Waals surface area contributed by atoms with E-state index in [0.29, 0.717) is 24.4 Å². The summed E-state index contributed by atoms with van der Waals surface area (Å²) in [7, 11) is 0. The molecule has 20 heavy (non-hydrogen) atoms. The lowest BCUT2D eigenvalue weighted by molar-refractivity contribution is -0.144. The lowest BCUT2D eigenvalue weighted by Crippen LogP contribution is -2.44. The molecule has 0 aliphatic heterocycles. The summed E-state index contributed by atoms with van der Waals surface area (Å²) in [5, 5.41) is 12.9. The zero-order valence-electron chi connectivity index (χ0n) is 12.1. The smallest absolute Gasteiger partial charge is 0.308 e. The fourth-order valence-electron chi connectivity index (χ4n) is 4.10. The Hall–Kier alpha value is -1.36. The first kappa shape index (κ1) is 13.6. The molecule has 5 nitrogen and oxygen atoms in total. The zero-order chi connectivity index (χ0) is 14.3. The Bertz CT molecular complexity index is 497. The molecule has 5 heteroatoms. The standard InChI is InChI=1S/C15H23N3O2/c1-9(2)18-8-16-6-12(18)7-17-14-11-4-3-10(5-11)13(14)15(19)20/h6,8-11,13-14,17H,3-5,7H2,1-2H3,(H,19,20). The summed E-state index contributed by atoms with van der Waals surface area (Å²) in [6, 6.07) is 0.506. The maximum atomic E-state index is 11.5. The Morgan fingerprint density at radius 3 is 2.95 bits per heavy atom. The van der Waals surface area contributed by atoms with Crippen molar-refractivity contribution in [1.29, 1.82) is 0 Å². The number of hydrogen-bond donors (Lipinski definition) is 2. The van der Waals surface area contributed by atoms with E-state index in [1.54, 1.807) is 0 Å². The third-order valence-corrected chi connectivity index (χ3v) is 5.02. The van der Waals surface area contributed by atoms with Crippen molar-refractivity contribution in [3.63, 3.8) is 0 Å². The molecular formula is C15H23N3O2. The summed E-state index contributed by atoms with van der Waals surface area (Å²) < 4.78 is 2.13. The van der Waals surface area contributed by atoms with E-state index in [2.05, 4.69) is 28.7 Å². The topological polar surface area (TPSA) is 67.2 Å². The van der Waals surface area contributed by atoms with E-state index >= 15 is 0 Å². The van der Waals surface area contributed by atoms with E-state index in [4.69, 9.17) is 0 Å². The molecule has 2 bridgehead atoms. The molecule has 1 heterocycles. The Kier molecular flexibility index (Phi) is 3.54. The maximum absolute atomic E-state index is 11.5. The molecule has 0 aromatic carbocycles. The van der Waals surface area contributed by atoms with Gasteiger partial charge in [0.15, 0.2) is 0 Å². The van der Waals surface area contributed by atoms with Crippen LogP contribution in [0.15, 0.2) is 12.5 Å². The highest BCUT2D eigenvalue weighted by atomic mass is 16.4. The third-order valence-electron chi connectivity index (χ3n) is 5.02. The van der Waals surface area contributed by atoms with Crippen LogP contribution in [0.4, 0.5) is 0 Å². The van der Waals surface area contributed by atoms with Crippen molar-refractivity contribution in [1.82, 2.24) is 14.9 Å². The van der Waals surface area contributed by atoms with Gasteiger partial charge in [0.1, 0.15) is 0 Å². The van der Waals surface area contributed by atoms with E-state index in [9.17, 15) is 9.90 Å². The first-order chi connectivity index (χ1) is 9.58. The molecule has 2 N–H and O–H groups in total. The number of carbonyl (C=O) groups is 1. The molecule has 2 saturated carbocycles. The number of rotatable bonds is 5. The monoisotopic (exact) mass is 277 g/mol. The molecule has 2 aliphatic rings. The molecule has 1 aromatic rings. The summed E-state index contributed by atoms with van der Waals surface area (Å²) in [5.41, 5.74) is 1.13. The largest absolute Gasteiger partial charge is 0.481 e. The second-order valence-electron chi connectivity index (χ2n) is 6.49. The van der Waals surface area contributed by atoms with E-state index in [1.807, 2.05) is 12.5 Å². The first-order valence-electron chi connectivity index (χ1n) is 7.54.